The van der Waals surface area contributed by atoms with Crippen molar-refractivity contribution in [3.8, 4) is 0 Å². The van der Waals surface area contributed by atoms with Gasteiger partial charge in [0, 0.05) is 6.54 Å². The zero-order chi connectivity index (χ0) is 14.5. The maximum Gasteiger partial charge on any atom is 0.240 e. The molecule has 0 saturated carbocycles. The minimum absolute atomic E-state index is 0.0930. The Hall–Kier alpha value is -1.13. The number of hydrogen-bond donors (Lipinski definition) is 1. The van der Waals surface area contributed by atoms with E-state index in [1.807, 2.05) is 33.8 Å². The minimum Gasteiger partial charge on any atom is -0.211 e. The van der Waals surface area contributed by atoms with Gasteiger partial charge < -0.3 is 0 Å². The van der Waals surface area contributed by atoms with E-state index < -0.39 is 10.0 Å². The van der Waals surface area contributed by atoms with Crippen LogP contribution in [-0.4, -0.2) is 15.0 Å². The van der Waals surface area contributed by atoms with E-state index in [4.69, 9.17) is 0 Å². The van der Waals surface area contributed by atoms with Crippen molar-refractivity contribution in [1.29, 1.82) is 0 Å². The molecule has 1 N–H and O–H groups in total. The van der Waals surface area contributed by atoms with E-state index in [-0.39, 0.29) is 5.41 Å². The summed E-state index contributed by atoms with van der Waals surface area (Å²) in [6.07, 6.45) is 4.89. The van der Waals surface area contributed by atoms with Crippen molar-refractivity contribution < 1.29 is 8.42 Å². The van der Waals surface area contributed by atoms with Crippen LogP contribution in [0.5, 0.6) is 0 Å². The molecule has 4 heteroatoms. The molecule has 0 aromatic heterocycles. The SMILES string of the molecule is C/C=C/CC(C)(C)CNS(=O)(=O)c1ccc(C)cc1. The standard InChI is InChI=1S/C15H23NO2S/c1-5-6-11-15(3,4)12-16-19(17,18)14-9-7-13(2)8-10-14/h5-10,16H,11-12H2,1-4H3/b6-5+. The molecule has 1 aromatic rings. The third-order valence-electron chi connectivity index (χ3n) is 2.98. The summed E-state index contributed by atoms with van der Waals surface area (Å²) < 4.78 is 27.0. The first-order chi connectivity index (χ1) is 8.77. The number of allylic oxidation sites excluding steroid dienone is 2. The van der Waals surface area contributed by atoms with Crippen molar-refractivity contribution in [2.24, 2.45) is 5.41 Å². The zero-order valence-electron chi connectivity index (χ0n) is 12.1. The summed E-state index contributed by atoms with van der Waals surface area (Å²) in [4.78, 5) is 0.319. The summed E-state index contributed by atoms with van der Waals surface area (Å²) in [5.41, 5.74) is 0.956. The van der Waals surface area contributed by atoms with Crippen LogP contribution in [0.15, 0.2) is 41.3 Å². The van der Waals surface area contributed by atoms with E-state index in [1.54, 1.807) is 24.3 Å². The average molecular weight is 281 g/mol. The Morgan fingerprint density at radius 1 is 1.21 bits per heavy atom. The van der Waals surface area contributed by atoms with E-state index in [2.05, 4.69) is 10.8 Å². The Balaban J connectivity index is 2.73. The van der Waals surface area contributed by atoms with Crippen molar-refractivity contribution in [2.45, 2.75) is 39.0 Å². The van der Waals surface area contributed by atoms with Gasteiger partial charge in [-0.3, -0.25) is 0 Å². The highest BCUT2D eigenvalue weighted by Crippen LogP contribution is 2.21. The highest BCUT2D eigenvalue weighted by molar-refractivity contribution is 7.89. The van der Waals surface area contributed by atoms with Gasteiger partial charge in [-0.15, -0.1) is 0 Å². The predicted molar refractivity (Wildman–Crippen MR) is 79.6 cm³/mol. The third kappa shape index (κ3) is 5.17. The lowest BCUT2D eigenvalue weighted by Crippen LogP contribution is -2.33. The van der Waals surface area contributed by atoms with Gasteiger partial charge in [-0.2, -0.15) is 0 Å². The van der Waals surface area contributed by atoms with E-state index >= 15 is 0 Å². The average Bonchev–Trinajstić information content (AvgIpc) is 2.35. The van der Waals surface area contributed by atoms with Crippen LogP contribution in [0, 0.1) is 12.3 Å². The quantitative estimate of drug-likeness (QED) is 0.813. The van der Waals surface area contributed by atoms with Gasteiger partial charge in [0.05, 0.1) is 4.90 Å². The van der Waals surface area contributed by atoms with Gasteiger partial charge in [-0.05, 0) is 37.8 Å². The fourth-order valence-electron chi connectivity index (χ4n) is 1.60. The van der Waals surface area contributed by atoms with Gasteiger partial charge in [0.25, 0.3) is 0 Å². The Kier molecular flexibility index (Phi) is 5.32. The summed E-state index contributed by atoms with van der Waals surface area (Å²) in [5, 5.41) is 0. The molecular weight excluding hydrogens is 258 g/mol. The topological polar surface area (TPSA) is 46.2 Å². The number of hydrogen-bond acceptors (Lipinski definition) is 2. The molecule has 0 aliphatic rings. The smallest absolute Gasteiger partial charge is 0.211 e. The summed E-state index contributed by atoms with van der Waals surface area (Å²) in [7, 11) is -3.41. The van der Waals surface area contributed by atoms with Crippen LogP contribution in [0.2, 0.25) is 0 Å². The van der Waals surface area contributed by atoms with Gasteiger partial charge in [0.1, 0.15) is 0 Å². The second kappa shape index (κ2) is 6.35. The molecule has 19 heavy (non-hydrogen) atoms. The lowest BCUT2D eigenvalue weighted by molar-refractivity contribution is 0.368. The normalized spacial score (nSPS) is 13.1. The number of aryl methyl sites for hydroxylation is 1. The minimum atomic E-state index is -3.41. The van der Waals surface area contributed by atoms with Crippen LogP contribution in [0.1, 0.15) is 32.8 Å². The highest BCUT2D eigenvalue weighted by Gasteiger charge is 2.21. The van der Waals surface area contributed by atoms with E-state index in [9.17, 15) is 8.42 Å². The van der Waals surface area contributed by atoms with Crippen LogP contribution >= 0.6 is 0 Å². The van der Waals surface area contributed by atoms with E-state index in [0.29, 0.717) is 11.4 Å². The predicted octanol–water partition coefficient (Wildman–Crippen LogP) is 3.27. The molecule has 0 aliphatic carbocycles. The van der Waals surface area contributed by atoms with Crippen LogP contribution in [-0.2, 0) is 10.0 Å². The monoisotopic (exact) mass is 281 g/mol. The number of benzene rings is 1. The molecule has 0 radical (unpaired) electrons. The summed E-state index contributed by atoms with van der Waals surface area (Å²) >= 11 is 0. The van der Waals surface area contributed by atoms with Gasteiger partial charge in [0.2, 0.25) is 10.0 Å². The second-order valence-corrected chi connectivity index (χ2v) is 7.34. The fourth-order valence-corrected chi connectivity index (χ4v) is 2.84. The molecule has 1 aromatic carbocycles. The first kappa shape index (κ1) is 15.9. The molecule has 0 amide bonds. The van der Waals surface area contributed by atoms with Gasteiger partial charge in [-0.25, -0.2) is 13.1 Å². The summed E-state index contributed by atoms with van der Waals surface area (Å²) in [6.45, 7) is 8.42. The number of nitrogens with one attached hydrogen (secondary N) is 1. The molecule has 0 fully saturated rings. The van der Waals surface area contributed by atoms with Crippen molar-refractivity contribution in [3.63, 3.8) is 0 Å². The van der Waals surface area contributed by atoms with Crippen molar-refractivity contribution >= 4 is 10.0 Å². The molecule has 1 rings (SSSR count). The van der Waals surface area contributed by atoms with Gasteiger partial charge >= 0.3 is 0 Å². The molecule has 0 saturated heterocycles. The van der Waals surface area contributed by atoms with Crippen molar-refractivity contribution in [2.75, 3.05) is 6.54 Å². The van der Waals surface area contributed by atoms with Crippen LogP contribution in [0.3, 0.4) is 0 Å². The molecule has 0 spiro atoms. The van der Waals surface area contributed by atoms with Gasteiger partial charge in [-0.1, -0.05) is 43.7 Å². The second-order valence-electron chi connectivity index (χ2n) is 5.57. The third-order valence-corrected chi connectivity index (χ3v) is 4.40. The van der Waals surface area contributed by atoms with Crippen molar-refractivity contribution in [3.05, 3.63) is 42.0 Å². The first-order valence-corrected chi connectivity index (χ1v) is 7.93. The Morgan fingerprint density at radius 3 is 2.32 bits per heavy atom. The summed E-state index contributed by atoms with van der Waals surface area (Å²) in [5.74, 6) is 0. The molecule has 0 unspecified atom stereocenters. The lowest BCUT2D eigenvalue weighted by Gasteiger charge is -2.23. The highest BCUT2D eigenvalue weighted by atomic mass is 32.2. The molecule has 0 heterocycles. The summed E-state index contributed by atoms with van der Waals surface area (Å²) in [6, 6.07) is 6.88. The van der Waals surface area contributed by atoms with Gasteiger partial charge in [0.15, 0.2) is 0 Å². The van der Waals surface area contributed by atoms with Crippen LogP contribution in [0.4, 0.5) is 0 Å². The van der Waals surface area contributed by atoms with E-state index in [0.717, 1.165) is 12.0 Å². The van der Waals surface area contributed by atoms with Crippen molar-refractivity contribution in [1.82, 2.24) is 4.72 Å². The Bertz CT molecular complexity index is 528. The van der Waals surface area contributed by atoms with Crippen LogP contribution in [0.25, 0.3) is 0 Å². The molecule has 0 bridgehead atoms. The molecular formula is C15H23NO2S. The van der Waals surface area contributed by atoms with E-state index in [1.165, 1.54) is 0 Å². The largest absolute Gasteiger partial charge is 0.240 e. The maximum absolute atomic E-state index is 12.1. The lowest BCUT2D eigenvalue weighted by atomic mass is 9.89. The van der Waals surface area contributed by atoms with Crippen LogP contribution < -0.4 is 4.72 Å². The molecule has 106 valence electrons. The first-order valence-electron chi connectivity index (χ1n) is 6.44. The fraction of sp³-hybridized carbons (Fsp3) is 0.467. The number of sulfonamides is 1. The maximum atomic E-state index is 12.1. The molecule has 0 aliphatic heterocycles. The Labute approximate surface area is 116 Å². The Morgan fingerprint density at radius 2 is 1.79 bits per heavy atom. The molecule has 0 atom stereocenters. The molecule has 3 nitrogen and oxygen atoms in total. The number of rotatable bonds is 6. The zero-order valence-corrected chi connectivity index (χ0v) is 12.9.